The number of hydrogen-bond acceptors (Lipinski definition) is 3. The van der Waals surface area contributed by atoms with E-state index in [4.69, 9.17) is 4.55 Å². The van der Waals surface area contributed by atoms with Crippen LogP contribution in [0.3, 0.4) is 0 Å². The Morgan fingerprint density at radius 3 is 1.93 bits per heavy atom. The molecule has 1 aromatic carbocycles. The van der Waals surface area contributed by atoms with Crippen molar-refractivity contribution in [2.45, 2.75) is 31.2 Å². The van der Waals surface area contributed by atoms with Crippen LogP contribution in [0.1, 0.15) is 20.8 Å². The van der Waals surface area contributed by atoms with Crippen LogP contribution < -0.4 is 5.32 Å². The van der Waals surface area contributed by atoms with Gasteiger partial charge in [0.25, 0.3) is 10.1 Å². The van der Waals surface area contributed by atoms with Crippen LogP contribution in [-0.4, -0.2) is 18.5 Å². The van der Waals surface area contributed by atoms with Crippen LogP contribution in [0.25, 0.3) is 0 Å². The fraction of sp³-hybridized carbons (Fsp3) is 0.400. The standard InChI is InChI=1S/C10H15NO3S/c1-10(2,3)11-8-4-6-9(7-5-8)15(12,13)14/h4-7,11H,1-3H3,(H,12,13,14). The van der Waals surface area contributed by atoms with Crippen LogP contribution in [0.4, 0.5) is 5.69 Å². The van der Waals surface area contributed by atoms with Gasteiger partial charge in [-0.2, -0.15) is 8.42 Å². The van der Waals surface area contributed by atoms with Crippen molar-refractivity contribution >= 4 is 15.8 Å². The van der Waals surface area contributed by atoms with Crippen molar-refractivity contribution in [3.63, 3.8) is 0 Å². The Morgan fingerprint density at radius 2 is 1.60 bits per heavy atom. The molecule has 5 heteroatoms. The number of rotatable bonds is 2. The summed E-state index contributed by atoms with van der Waals surface area (Å²) >= 11 is 0. The summed E-state index contributed by atoms with van der Waals surface area (Å²) in [7, 11) is -4.09. The zero-order valence-electron chi connectivity index (χ0n) is 8.98. The Kier molecular flexibility index (Phi) is 3.06. The molecule has 0 atom stereocenters. The van der Waals surface area contributed by atoms with Gasteiger partial charge in [-0.05, 0) is 45.0 Å². The third-order valence-electron chi connectivity index (χ3n) is 1.67. The summed E-state index contributed by atoms with van der Waals surface area (Å²) in [5, 5.41) is 3.18. The van der Waals surface area contributed by atoms with Crippen LogP contribution in [-0.2, 0) is 10.1 Å². The van der Waals surface area contributed by atoms with Gasteiger partial charge in [0.1, 0.15) is 0 Å². The summed E-state index contributed by atoms with van der Waals surface area (Å²) in [6, 6.07) is 5.97. The first-order valence-electron chi connectivity index (χ1n) is 4.54. The molecule has 0 bridgehead atoms. The van der Waals surface area contributed by atoms with Gasteiger partial charge in [0.05, 0.1) is 4.90 Å². The fourth-order valence-electron chi connectivity index (χ4n) is 1.14. The molecule has 0 fully saturated rings. The van der Waals surface area contributed by atoms with Crippen LogP contribution in [0.2, 0.25) is 0 Å². The molecule has 0 radical (unpaired) electrons. The maximum Gasteiger partial charge on any atom is 0.294 e. The highest BCUT2D eigenvalue weighted by Crippen LogP contribution is 2.17. The van der Waals surface area contributed by atoms with Gasteiger partial charge in [-0.1, -0.05) is 0 Å². The molecule has 2 N–H and O–H groups in total. The Morgan fingerprint density at radius 1 is 1.13 bits per heavy atom. The SMILES string of the molecule is CC(C)(C)Nc1ccc(S(=O)(=O)O)cc1. The predicted octanol–water partition coefficient (Wildman–Crippen LogP) is 2.14. The average Bonchev–Trinajstić information content (AvgIpc) is 2.00. The molecule has 4 nitrogen and oxygen atoms in total. The molecule has 15 heavy (non-hydrogen) atoms. The fourth-order valence-corrected chi connectivity index (χ4v) is 1.62. The quantitative estimate of drug-likeness (QED) is 0.762. The minimum Gasteiger partial charge on any atom is -0.380 e. The molecule has 84 valence electrons. The van der Waals surface area contributed by atoms with E-state index < -0.39 is 10.1 Å². The van der Waals surface area contributed by atoms with E-state index in [0.29, 0.717) is 0 Å². The Labute approximate surface area is 90.1 Å². The first-order chi connectivity index (χ1) is 6.68. The second kappa shape index (κ2) is 3.83. The molecule has 0 aliphatic heterocycles. The van der Waals surface area contributed by atoms with E-state index in [1.807, 2.05) is 20.8 Å². The Bertz CT molecular complexity index is 429. The highest BCUT2D eigenvalue weighted by atomic mass is 32.2. The zero-order chi connectivity index (χ0) is 11.7. The van der Waals surface area contributed by atoms with Gasteiger partial charge in [-0.15, -0.1) is 0 Å². The zero-order valence-corrected chi connectivity index (χ0v) is 9.80. The van der Waals surface area contributed by atoms with Crippen LogP contribution in [0.5, 0.6) is 0 Å². The largest absolute Gasteiger partial charge is 0.380 e. The lowest BCUT2D eigenvalue weighted by atomic mass is 10.1. The summed E-state index contributed by atoms with van der Waals surface area (Å²) in [6.07, 6.45) is 0. The van der Waals surface area contributed by atoms with E-state index in [1.165, 1.54) is 12.1 Å². The van der Waals surface area contributed by atoms with Gasteiger partial charge >= 0.3 is 0 Å². The summed E-state index contributed by atoms with van der Waals surface area (Å²) < 4.78 is 30.3. The molecule has 1 rings (SSSR count). The van der Waals surface area contributed by atoms with Crippen LogP contribution in [0.15, 0.2) is 29.2 Å². The van der Waals surface area contributed by atoms with Gasteiger partial charge in [-0.3, -0.25) is 4.55 Å². The molecule has 1 aromatic rings. The molecule has 0 heterocycles. The lowest BCUT2D eigenvalue weighted by Gasteiger charge is -2.22. The van der Waals surface area contributed by atoms with Crippen molar-refractivity contribution in [2.24, 2.45) is 0 Å². The van der Waals surface area contributed by atoms with Crippen molar-refractivity contribution in [3.05, 3.63) is 24.3 Å². The second-order valence-corrected chi connectivity index (χ2v) is 5.80. The van der Waals surface area contributed by atoms with Crippen LogP contribution >= 0.6 is 0 Å². The van der Waals surface area contributed by atoms with Gasteiger partial charge in [0.15, 0.2) is 0 Å². The first-order valence-corrected chi connectivity index (χ1v) is 5.98. The molecule has 0 aromatic heterocycles. The van der Waals surface area contributed by atoms with Crippen molar-refractivity contribution < 1.29 is 13.0 Å². The Hall–Kier alpha value is -1.07. The van der Waals surface area contributed by atoms with E-state index in [2.05, 4.69) is 5.32 Å². The maximum absolute atomic E-state index is 10.8. The topological polar surface area (TPSA) is 66.4 Å². The number of hydrogen-bond donors (Lipinski definition) is 2. The Balaban J connectivity index is 2.92. The molecule has 0 aliphatic rings. The van der Waals surface area contributed by atoms with Crippen LogP contribution in [0, 0.1) is 0 Å². The van der Waals surface area contributed by atoms with Crippen molar-refractivity contribution in [2.75, 3.05) is 5.32 Å². The molecule has 0 spiro atoms. The molecule has 0 unspecified atom stereocenters. The van der Waals surface area contributed by atoms with E-state index in [0.717, 1.165) is 5.69 Å². The minimum absolute atomic E-state index is 0.0837. The van der Waals surface area contributed by atoms with Gasteiger partial charge in [-0.25, -0.2) is 0 Å². The van der Waals surface area contributed by atoms with E-state index in [1.54, 1.807) is 12.1 Å². The first kappa shape index (κ1) is 12.0. The maximum atomic E-state index is 10.8. The third kappa shape index (κ3) is 3.89. The summed E-state index contributed by atoms with van der Waals surface area (Å²) in [5.74, 6) is 0. The molecular formula is C10H15NO3S. The van der Waals surface area contributed by atoms with Crippen molar-refractivity contribution in [1.29, 1.82) is 0 Å². The highest BCUT2D eigenvalue weighted by molar-refractivity contribution is 7.85. The second-order valence-electron chi connectivity index (χ2n) is 4.37. The normalized spacial score (nSPS) is 12.5. The average molecular weight is 229 g/mol. The number of benzene rings is 1. The molecule has 0 amide bonds. The van der Waals surface area contributed by atoms with E-state index in [9.17, 15) is 8.42 Å². The number of anilines is 1. The highest BCUT2D eigenvalue weighted by Gasteiger charge is 2.11. The monoisotopic (exact) mass is 229 g/mol. The third-order valence-corrected chi connectivity index (χ3v) is 2.54. The molecule has 0 aliphatic carbocycles. The lowest BCUT2D eigenvalue weighted by Crippen LogP contribution is -2.25. The van der Waals surface area contributed by atoms with Gasteiger partial charge < -0.3 is 5.32 Å². The number of nitrogens with one attached hydrogen (secondary N) is 1. The van der Waals surface area contributed by atoms with E-state index in [-0.39, 0.29) is 10.4 Å². The van der Waals surface area contributed by atoms with Gasteiger partial charge in [0.2, 0.25) is 0 Å². The summed E-state index contributed by atoms with van der Waals surface area (Å²) in [5.41, 5.74) is 0.731. The van der Waals surface area contributed by atoms with Gasteiger partial charge in [0, 0.05) is 11.2 Å². The molecular weight excluding hydrogens is 214 g/mol. The lowest BCUT2D eigenvalue weighted by molar-refractivity contribution is 0.483. The van der Waals surface area contributed by atoms with Crippen molar-refractivity contribution in [1.82, 2.24) is 0 Å². The summed E-state index contributed by atoms with van der Waals surface area (Å²) in [4.78, 5) is -0.0954. The minimum atomic E-state index is -4.09. The molecule has 0 saturated carbocycles. The smallest absolute Gasteiger partial charge is 0.294 e. The summed E-state index contributed by atoms with van der Waals surface area (Å²) in [6.45, 7) is 6.01. The van der Waals surface area contributed by atoms with E-state index >= 15 is 0 Å². The van der Waals surface area contributed by atoms with Crippen molar-refractivity contribution in [3.8, 4) is 0 Å². The molecule has 0 saturated heterocycles. The predicted molar refractivity (Wildman–Crippen MR) is 59.6 cm³/mol.